The van der Waals surface area contributed by atoms with Crippen molar-refractivity contribution in [3.8, 4) is 0 Å². The third-order valence-electron chi connectivity index (χ3n) is 3.38. The Morgan fingerprint density at radius 1 is 0.400 bits per heavy atom. The van der Waals surface area contributed by atoms with Crippen molar-refractivity contribution in [3.05, 3.63) is 69.8 Å². The zero-order valence-electron chi connectivity index (χ0n) is 19.2. The first-order valence-corrected chi connectivity index (χ1v) is 8.97. The molecule has 2 aromatic carbocycles. The van der Waals surface area contributed by atoms with Crippen molar-refractivity contribution >= 4 is 70.3 Å². The molecule has 0 heterocycles. The van der Waals surface area contributed by atoms with Gasteiger partial charge in [-0.1, -0.05) is 48.5 Å². The van der Waals surface area contributed by atoms with Gasteiger partial charge in [-0.25, -0.2) is 19.2 Å². The van der Waals surface area contributed by atoms with Crippen LogP contribution >= 0.6 is 0 Å². The molecule has 0 atom stereocenters. The molecule has 0 aliphatic carbocycles. The van der Waals surface area contributed by atoms with Crippen molar-refractivity contribution in [1.29, 1.82) is 0 Å². The van der Waals surface area contributed by atoms with Gasteiger partial charge in [-0.05, 0) is 0 Å². The van der Waals surface area contributed by atoms with Gasteiger partial charge >= 0.3 is 58.0 Å². The second kappa shape index (κ2) is 20.2. The van der Waals surface area contributed by atoms with Gasteiger partial charge in [0.15, 0.2) is 23.6 Å². The van der Waals surface area contributed by atoms with Crippen LogP contribution in [-0.2, 0) is 72.5 Å². The van der Waals surface area contributed by atoms with Crippen LogP contribution in [0.5, 0.6) is 0 Å². The van der Waals surface area contributed by atoms with Gasteiger partial charge in [0.2, 0.25) is 0 Å². The second-order valence-corrected chi connectivity index (χ2v) is 5.87. The molecule has 0 aliphatic rings. The zero-order chi connectivity index (χ0) is 27.4. The number of hydrogen-bond donors (Lipinski definition) is 4. The Kier molecular flexibility index (Phi) is 21.3. The van der Waals surface area contributed by atoms with Crippen LogP contribution in [0.2, 0.25) is 0 Å². The van der Waals surface area contributed by atoms with Gasteiger partial charge in [0, 0.05) is 0 Å². The van der Waals surface area contributed by atoms with Crippen molar-refractivity contribution in [3.63, 3.8) is 0 Å². The Morgan fingerprint density at radius 2 is 0.550 bits per heavy atom. The van der Waals surface area contributed by atoms with Crippen molar-refractivity contribution in [1.82, 2.24) is 0 Å². The normalized spacial score (nSPS) is 8.40. The van der Waals surface area contributed by atoms with Gasteiger partial charge in [0.25, 0.3) is 0 Å². The minimum atomic E-state index is -1.77. The third-order valence-corrected chi connectivity index (χ3v) is 3.38. The summed E-state index contributed by atoms with van der Waals surface area (Å²) < 4.78 is 0. The van der Waals surface area contributed by atoms with Crippen LogP contribution in [0.1, 0.15) is 0 Å². The standard InChI is InChI=1S/2C10H8N2O6.2Mn.2H2O/c2*13-7(9(15)16)11-5-3-1-2-4-6(5)12-8(14)10(17)18;;;;/h2*1-4H,(H4,11,12,13,14,15,16,17,18);;;2*1H2/q;;2*+2;;/p-4. The average Bonchev–Trinajstić information content (AvgIpc) is 2.81. The van der Waals surface area contributed by atoms with Crippen LogP contribution < -0.4 is 0 Å². The molecule has 20 heteroatoms. The van der Waals surface area contributed by atoms with Crippen molar-refractivity contribution in [2.45, 2.75) is 0 Å². The van der Waals surface area contributed by atoms with E-state index in [1.807, 2.05) is 0 Å². The summed E-state index contributed by atoms with van der Waals surface area (Å²) in [6, 6.07) is 10.6. The molecule has 0 spiro atoms. The summed E-state index contributed by atoms with van der Waals surface area (Å²) in [4.78, 5) is 84.7. The summed E-state index contributed by atoms with van der Waals surface area (Å²) in [5, 5.41) is 46.3. The molecule has 4 amide bonds. The fourth-order valence-electron chi connectivity index (χ4n) is 1.94. The van der Waals surface area contributed by atoms with Crippen LogP contribution in [0.25, 0.3) is 21.3 Å². The maximum absolute atomic E-state index is 10.9. The zero-order valence-corrected chi connectivity index (χ0v) is 21.6. The smallest absolute Gasteiger partial charge is 0.618 e. The molecule has 0 aliphatic heterocycles. The average molecular weight is 646 g/mol. The number of benzene rings is 2. The summed E-state index contributed by atoms with van der Waals surface area (Å²) in [6.07, 6.45) is 0. The molecular weight excluding hydrogens is 630 g/mol. The molecule has 2 aromatic rings. The van der Waals surface area contributed by atoms with Gasteiger partial charge in [-0.2, -0.15) is 0 Å². The number of rotatable bonds is 4. The summed E-state index contributed by atoms with van der Waals surface area (Å²) >= 11 is 0. The molecular formula is C20H16Mn2N4O14. The Balaban J connectivity index is -0.000000295. The number of para-hydroxylation sites is 4. The Hall–Kier alpha value is -4.84. The van der Waals surface area contributed by atoms with Crippen LogP contribution in [0.3, 0.4) is 0 Å². The first-order valence-electron chi connectivity index (χ1n) is 8.97. The van der Waals surface area contributed by atoms with Gasteiger partial charge in [-0.15, -0.1) is 22.7 Å². The van der Waals surface area contributed by atoms with E-state index in [2.05, 4.69) is 21.3 Å². The van der Waals surface area contributed by atoms with Crippen molar-refractivity contribution < 1.29 is 104 Å². The molecule has 0 saturated carbocycles. The van der Waals surface area contributed by atoms with E-state index in [1.165, 1.54) is 48.5 Å². The first kappa shape index (κ1) is 42.3. The second-order valence-electron chi connectivity index (χ2n) is 5.87. The van der Waals surface area contributed by atoms with Crippen LogP contribution in [0, 0.1) is 0 Å². The number of carbonyl (C=O) groups is 8. The molecule has 18 nitrogen and oxygen atoms in total. The van der Waals surface area contributed by atoms with E-state index in [0.717, 1.165) is 0 Å². The molecule has 0 bridgehead atoms. The van der Waals surface area contributed by atoms with Gasteiger partial charge in [0.1, 0.15) is 0 Å². The van der Waals surface area contributed by atoms with Gasteiger partial charge in [0.05, 0.1) is 0 Å². The number of nitrogens with zero attached hydrogens (tertiary/aromatic N) is 4. The molecule has 0 saturated heterocycles. The monoisotopic (exact) mass is 646 g/mol. The summed E-state index contributed by atoms with van der Waals surface area (Å²) in [5.41, 5.74) is -0.780. The van der Waals surface area contributed by atoms with E-state index in [0.29, 0.717) is 0 Å². The molecule has 40 heavy (non-hydrogen) atoms. The number of carboxylic acid groups (broad SMARTS) is 4. The topological polar surface area (TPSA) is 337 Å². The van der Waals surface area contributed by atoms with E-state index >= 15 is 0 Å². The summed E-state index contributed by atoms with van der Waals surface area (Å²) in [7, 11) is 0. The van der Waals surface area contributed by atoms with E-state index in [1.54, 1.807) is 0 Å². The minimum absolute atomic E-state index is 0. The summed E-state index contributed by atoms with van der Waals surface area (Å²) in [6.45, 7) is 0. The number of carboxylic acids is 4. The fraction of sp³-hybridized carbons (Fsp3) is 0. The van der Waals surface area contributed by atoms with E-state index in [-0.39, 0.29) is 67.8 Å². The molecule has 2 radical (unpaired) electrons. The van der Waals surface area contributed by atoms with Gasteiger partial charge in [-0.3, -0.25) is 0 Å². The molecule has 0 aromatic heterocycles. The van der Waals surface area contributed by atoms with Gasteiger partial charge < -0.3 is 71.8 Å². The molecule has 0 fully saturated rings. The first-order chi connectivity index (χ1) is 16.8. The Morgan fingerprint density at radius 3 is 0.675 bits per heavy atom. The number of amides is 4. The molecule has 0 unspecified atom stereocenters. The maximum atomic E-state index is 10.9. The Bertz CT molecular complexity index is 1070. The van der Waals surface area contributed by atoms with Crippen molar-refractivity contribution in [2.24, 2.45) is 0 Å². The SMILES string of the molecule is O.O.O=C(O)C(=O)[N-]c1ccccc1[N-]C(=O)C(=O)O.O=C(O)C(=O)[N-]c1ccccc1[N-]C(=O)C(=O)O.[Mn+2].[Mn+2]. The molecule has 2 rings (SSSR count). The predicted molar refractivity (Wildman–Crippen MR) is 123 cm³/mol. The predicted octanol–water partition coefficient (Wildman–Crippen LogP) is 0.184. The van der Waals surface area contributed by atoms with Crippen LogP contribution in [0.15, 0.2) is 48.5 Å². The number of hydrogen-bond acceptors (Lipinski definition) is 8. The van der Waals surface area contributed by atoms with Crippen LogP contribution in [0.4, 0.5) is 22.7 Å². The van der Waals surface area contributed by atoms with E-state index in [4.69, 9.17) is 20.4 Å². The molecule has 8 N–H and O–H groups in total. The number of aliphatic carboxylic acids is 4. The largest absolute Gasteiger partial charge is 2.00 e. The van der Waals surface area contributed by atoms with Crippen LogP contribution in [-0.4, -0.2) is 78.9 Å². The quantitative estimate of drug-likeness (QED) is 0.255. The minimum Gasteiger partial charge on any atom is -0.618 e. The number of carbonyl (C=O) groups excluding carboxylic acids is 4. The third kappa shape index (κ3) is 14.2. The van der Waals surface area contributed by atoms with Crippen molar-refractivity contribution in [2.75, 3.05) is 0 Å². The Labute approximate surface area is 243 Å². The van der Waals surface area contributed by atoms with E-state index < -0.39 is 47.5 Å². The maximum Gasteiger partial charge on any atom is 2.00 e. The molecule has 214 valence electrons. The van der Waals surface area contributed by atoms with E-state index in [9.17, 15) is 38.4 Å². The summed E-state index contributed by atoms with van der Waals surface area (Å²) in [5.74, 6) is -12.9. The fourth-order valence-corrected chi connectivity index (χ4v) is 1.94.